The number of benzene rings is 2. The smallest absolute Gasteiger partial charge is 0.124 e. The Balaban J connectivity index is 1.31. The van der Waals surface area contributed by atoms with Crippen LogP contribution in [0.4, 0.5) is 0 Å². The van der Waals surface area contributed by atoms with Crippen LogP contribution in [0.1, 0.15) is 54.2 Å². The molecule has 2 N–H and O–H groups in total. The highest BCUT2D eigenvalue weighted by Gasteiger charge is 2.34. The summed E-state index contributed by atoms with van der Waals surface area (Å²) in [4.78, 5) is 16.9. The predicted molar refractivity (Wildman–Crippen MR) is 122 cm³/mol. The van der Waals surface area contributed by atoms with Crippen LogP contribution in [0.15, 0.2) is 48.7 Å². The third kappa shape index (κ3) is 2.88. The van der Waals surface area contributed by atoms with Gasteiger partial charge >= 0.3 is 0 Å². The number of likely N-dealkylation sites (N-methyl/N-ethyl adjacent to an activating group) is 1. The van der Waals surface area contributed by atoms with E-state index in [1.165, 1.54) is 41.4 Å². The van der Waals surface area contributed by atoms with Crippen molar-refractivity contribution in [1.82, 2.24) is 24.8 Å². The van der Waals surface area contributed by atoms with Crippen molar-refractivity contribution in [3.05, 3.63) is 65.6 Å². The number of aromatic amines is 2. The zero-order valence-electron chi connectivity index (χ0n) is 17.7. The van der Waals surface area contributed by atoms with E-state index < -0.39 is 0 Å². The van der Waals surface area contributed by atoms with E-state index in [4.69, 9.17) is 4.98 Å². The molecule has 3 atom stereocenters. The highest BCUT2D eigenvalue weighted by atomic mass is 15.2. The van der Waals surface area contributed by atoms with Gasteiger partial charge in [-0.2, -0.15) is 0 Å². The lowest BCUT2D eigenvalue weighted by Gasteiger charge is -2.19. The van der Waals surface area contributed by atoms with Gasteiger partial charge in [0.25, 0.3) is 0 Å². The maximum Gasteiger partial charge on any atom is 0.124 e. The number of rotatable bonds is 3. The van der Waals surface area contributed by atoms with Gasteiger partial charge in [0.15, 0.2) is 0 Å². The van der Waals surface area contributed by atoms with Crippen molar-refractivity contribution in [2.24, 2.45) is 0 Å². The fraction of sp³-hybridized carbons (Fsp3) is 0.400. The number of likely N-dealkylation sites (tertiary alicyclic amines) is 2. The number of para-hydroxylation sites is 2. The first-order valence-corrected chi connectivity index (χ1v) is 11.1. The summed E-state index contributed by atoms with van der Waals surface area (Å²) in [6.07, 6.45) is 5.89. The Bertz CT molecular complexity index is 1170. The van der Waals surface area contributed by atoms with Crippen LogP contribution in [-0.2, 0) is 0 Å². The Hall–Kier alpha value is -2.63. The van der Waals surface area contributed by atoms with Gasteiger partial charge in [0.1, 0.15) is 5.82 Å². The van der Waals surface area contributed by atoms with Crippen LogP contribution in [0.5, 0.6) is 0 Å². The van der Waals surface area contributed by atoms with Gasteiger partial charge < -0.3 is 9.97 Å². The van der Waals surface area contributed by atoms with Crippen LogP contribution in [0.3, 0.4) is 0 Å². The molecule has 0 amide bonds. The number of imidazole rings is 1. The average molecular weight is 400 g/mol. The number of hydrogen-bond acceptors (Lipinski definition) is 3. The summed E-state index contributed by atoms with van der Waals surface area (Å²) in [6.45, 7) is 2.26. The largest absolute Gasteiger partial charge is 0.361 e. The van der Waals surface area contributed by atoms with E-state index in [1.807, 2.05) is 0 Å². The fourth-order valence-corrected chi connectivity index (χ4v) is 5.68. The molecular formula is C25H29N5. The summed E-state index contributed by atoms with van der Waals surface area (Å²) in [6, 6.07) is 16.2. The SMILES string of the molecule is CN1CC(c2ccc3[nH]cc(C4CCCN4C)c3c2)CC1c1nc2ccccc2[nH]1. The summed E-state index contributed by atoms with van der Waals surface area (Å²) in [5.41, 5.74) is 6.36. The second kappa shape index (κ2) is 6.96. The molecular weight excluding hydrogens is 370 g/mol. The second-order valence-corrected chi connectivity index (χ2v) is 9.21. The number of H-pyrrole nitrogens is 2. The first-order chi connectivity index (χ1) is 14.7. The standard InChI is InChI=1S/C25H29N5/c1-29-11-5-8-23(29)19-14-26-20-10-9-16(12-18(19)20)17-13-24(30(2)15-17)25-27-21-6-3-4-7-22(21)28-25/h3-4,6-7,9-10,12,14,17,23-24,26H,5,8,11,13,15H2,1-2H3,(H,27,28). The first kappa shape index (κ1) is 18.2. The molecule has 2 aliphatic heterocycles. The number of nitrogens with one attached hydrogen (secondary N) is 2. The minimum Gasteiger partial charge on any atom is -0.361 e. The lowest BCUT2D eigenvalue weighted by molar-refractivity contribution is 0.306. The van der Waals surface area contributed by atoms with Gasteiger partial charge in [0.05, 0.1) is 17.1 Å². The molecule has 2 aromatic heterocycles. The Morgan fingerprint density at radius 2 is 1.90 bits per heavy atom. The Morgan fingerprint density at radius 1 is 1.00 bits per heavy atom. The minimum atomic E-state index is 0.338. The maximum atomic E-state index is 4.88. The van der Waals surface area contributed by atoms with Gasteiger partial charge in [-0.1, -0.05) is 18.2 Å². The van der Waals surface area contributed by atoms with Crippen molar-refractivity contribution < 1.29 is 0 Å². The molecule has 154 valence electrons. The van der Waals surface area contributed by atoms with Gasteiger partial charge in [-0.25, -0.2) is 4.98 Å². The normalized spacial score (nSPS) is 25.7. The summed E-state index contributed by atoms with van der Waals surface area (Å²) < 4.78 is 0. The summed E-state index contributed by atoms with van der Waals surface area (Å²) in [7, 11) is 4.48. The fourth-order valence-electron chi connectivity index (χ4n) is 5.68. The van der Waals surface area contributed by atoms with Crippen LogP contribution >= 0.6 is 0 Å². The van der Waals surface area contributed by atoms with Crippen molar-refractivity contribution in [1.29, 1.82) is 0 Å². The molecule has 0 radical (unpaired) electrons. The zero-order valence-corrected chi connectivity index (χ0v) is 17.7. The Morgan fingerprint density at radius 3 is 2.73 bits per heavy atom. The minimum absolute atomic E-state index is 0.338. The molecule has 3 unspecified atom stereocenters. The van der Waals surface area contributed by atoms with Gasteiger partial charge in [-0.3, -0.25) is 9.80 Å². The van der Waals surface area contributed by atoms with Crippen molar-refractivity contribution >= 4 is 21.9 Å². The number of hydrogen-bond donors (Lipinski definition) is 2. The molecule has 5 heteroatoms. The van der Waals surface area contributed by atoms with Gasteiger partial charge in [0, 0.05) is 29.7 Å². The number of fused-ring (bicyclic) bond motifs is 2. The molecule has 5 nitrogen and oxygen atoms in total. The summed E-state index contributed by atoms with van der Waals surface area (Å²) >= 11 is 0. The molecule has 0 bridgehead atoms. The third-order valence-corrected chi connectivity index (χ3v) is 7.36. The van der Waals surface area contributed by atoms with E-state index in [2.05, 4.69) is 82.5 Å². The van der Waals surface area contributed by atoms with Crippen LogP contribution in [0.2, 0.25) is 0 Å². The highest BCUT2D eigenvalue weighted by Crippen LogP contribution is 2.41. The van der Waals surface area contributed by atoms with Crippen LogP contribution in [0, 0.1) is 0 Å². The predicted octanol–water partition coefficient (Wildman–Crippen LogP) is 4.97. The average Bonchev–Trinajstić information content (AvgIpc) is 3.52. The zero-order chi connectivity index (χ0) is 20.2. The molecule has 4 heterocycles. The van der Waals surface area contributed by atoms with Gasteiger partial charge in [0.2, 0.25) is 0 Å². The second-order valence-electron chi connectivity index (χ2n) is 9.21. The van der Waals surface area contributed by atoms with Crippen molar-refractivity contribution in [3.63, 3.8) is 0 Å². The highest BCUT2D eigenvalue weighted by molar-refractivity contribution is 5.84. The van der Waals surface area contributed by atoms with Crippen molar-refractivity contribution in [3.8, 4) is 0 Å². The third-order valence-electron chi connectivity index (χ3n) is 7.36. The molecule has 2 fully saturated rings. The Kier molecular flexibility index (Phi) is 4.22. The number of nitrogens with zero attached hydrogens (tertiary/aromatic N) is 3. The molecule has 0 spiro atoms. The van der Waals surface area contributed by atoms with Crippen LogP contribution in [-0.4, -0.2) is 51.9 Å². The van der Waals surface area contributed by atoms with E-state index in [-0.39, 0.29) is 0 Å². The maximum absolute atomic E-state index is 4.88. The summed E-state index contributed by atoms with van der Waals surface area (Å²) in [5.74, 6) is 1.62. The lowest BCUT2D eigenvalue weighted by Crippen LogP contribution is -2.19. The van der Waals surface area contributed by atoms with E-state index in [9.17, 15) is 0 Å². The monoisotopic (exact) mass is 399 g/mol. The quantitative estimate of drug-likeness (QED) is 0.511. The molecule has 0 aliphatic carbocycles. The van der Waals surface area contributed by atoms with Crippen molar-refractivity contribution in [2.75, 3.05) is 27.2 Å². The van der Waals surface area contributed by atoms with Crippen molar-refractivity contribution in [2.45, 2.75) is 37.3 Å². The first-order valence-electron chi connectivity index (χ1n) is 11.1. The molecule has 2 aromatic carbocycles. The van der Waals surface area contributed by atoms with E-state index in [0.29, 0.717) is 18.0 Å². The summed E-state index contributed by atoms with van der Waals surface area (Å²) in [5, 5.41) is 1.40. The van der Waals surface area contributed by atoms with E-state index in [0.717, 1.165) is 29.8 Å². The molecule has 2 saturated heterocycles. The Labute approximate surface area is 177 Å². The van der Waals surface area contributed by atoms with Crippen LogP contribution in [0.25, 0.3) is 21.9 Å². The topological polar surface area (TPSA) is 51.0 Å². The van der Waals surface area contributed by atoms with E-state index in [1.54, 1.807) is 0 Å². The molecule has 2 aliphatic rings. The van der Waals surface area contributed by atoms with Crippen LogP contribution < -0.4 is 0 Å². The molecule has 0 saturated carbocycles. The molecule has 30 heavy (non-hydrogen) atoms. The van der Waals surface area contributed by atoms with Gasteiger partial charge in [-0.05, 0) is 81.2 Å². The number of aromatic nitrogens is 3. The molecule has 4 aromatic rings. The van der Waals surface area contributed by atoms with E-state index >= 15 is 0 Å². The lowest BCUT2D eigenvalue weighted by atomic mass is 9.93. The van der Waals surface area contributed by atoms with Gasteiger partial charge in [-0.15, -0.1) is 0 Å². The molecule has 6 rings (SSSR count).